The van der Waals surface area contributed by atoms with E-state index in [1.54, 1.807) is 0 Å². The molecular formula is C18H26O10. The van der Waals surface area contributed by atoms with E-state index in [-0.39, 0.29) is 13.2 Å². The van der Waals surface area contributed by atoms with Crippen LogP contribution in [0.2, 0.25) is 0 Å². The molecule has 9 atom stereocenters. The first-order valence-corrected chi connectivity index (χ1v) is 9.01. The average Bonchev–Trinajstić information content (AvgIpc) is 2.71. The predicted molar refractivity (Wildman–Crippen MR) is 91.6 cm³/mol. The Hall–Kier alpha value is -1.18. The van der Waals surface area contributed by atoms with Gasteiger partial charge in [-0.1, -0.05) is 30.3 Å². The Morgan fingerprint density at radius 1 is 0.893 bits per heavy atom. The summed E-state index contributed by atoms with van der Waals surface area (Å²) in [6.45, 7) is -0.741. The first-order chi connectivity index (χ1) is 13.4. The van der Waals surface area contributed by atoms with Gasteiger partial charge in [-0.2, -0.15) is 0 Å². The van der Waals surface area contributed by atoms with E-state index in [9.17, 15) is 30.6 Å². The molecule has 2 aliphatic heterocycles. The van der Waals surface area contributed by atoms with E-state index in [1.807, 2.05) is 30.3 Å². The van der Waals surface area contributed by atoms with Crippen LogP contribution in [0, 0.1) is 0 Å². The summed E-state index contributed by atoms with van der Waals surface area (Å²) in [5, 5.41) is 59.4. The number of aliphatic hydroxyl groups is 6. The zero-order valence-corrected chi connectivity index (χ0v) is 15.0. The maximum absolute atomic E-state index is 10.4. The number of aliphatic hydroxyl groups excluding tert-OH is 6. The lowest BCUT2D eigenvalue weighted by atomic mass is 9.98. The third kappa shape index (κ3) is 4.69. The molecule has 0 radical (unpaired) electrons. The summed E-state index contributed by atoms with van der Waals surface area (Å²) in [5.74, 6) is 0. The fourth-order valence-electron chi connectivity index (χ4n) is 3.14. The summed E-state index contributed by atoms with van der Waals surface area (Å²) < 4.78 is 21.9. The minimum Gasteiger partial charge on any atom is -0.394 e. The van der Waals surface area contributed by atoms with Crippen molar-refractivity contribution in [2.24, 2.45) is 0 Å². The minimum absolute atomic E-state index is 0.0990. The molecule has 2 aliphatic rings. The largest absolute Gasteiger partial charge is 0.394 e. The van der Waals surface area contributed by atoms with Gasteiger partial charge in [0.1, 0.15) is 42.7 Å². The summed E-state index contributed by atoms with van der Waals surface area (Å²) >= 11 is 0. The molecule has 0 saturated carbocycles. The van der Waals surface area contributed by atoms with Crippen LogP contribution in [0.1, 0.15) is 5.56 Å². The number of rotatable bonds is 6. The van der Waals surface area contributed by atoms with Crippen molar-refractivity contribution in [3.63, 3.8) is 0 Å². The predicted octanol–water partition coefficient (Wildman–Crippen LogP) is -2.53. The molecule has 0 aliphatic carbocycles. The third-order valence-corrected chi connectivity index (χ3v) is 4.83. The van der Waals surface area contributed by atoms with Crippen molar-refractivity contribution in [3.8, 4) is 0 Å². The highest BCUT2D eigenvalue weighted by Crippen LogP contribution is 2.28. The van der Waals surface area contributed by atoms with Crippen molar-refractivity contribution < 1.29 is 49.6 Å². The Bertz CT molecular complexity index is 601. The van der Waals surface area contributed by atoms with Gasteiger partial charge in [-0.25, -0.2) is 0 Å². The van der Waals surface area contributed by atoms with Gasteiger partial charge < -0.3 is 49.6 Å². The van der Waals surface area contributed by atoms with Crippen LogP contribution in [0.3, 0.4) is 0 Å². The molecule has 0 unspecified atom stereocenters. The number of hydrogen-bond acceptors (Lipinski definition) is 10. The van der Waals surface area contributed by atoms with Crippen LogP contribution in [0.5, 0.6) is 0 Å². The van der Waals surface area contributed by atoms with Gasteiger partial charge in [0.15, 0.2) is 12.6 Å². The smallest absolute Gasteiger partial charge is 0.187 e. The molecule has 2 heterocycles. The monoisotopic (exact) mass is 402 g/mol. The second kappa shape index (κ2) is 9.55. The van der Waals surface area contributed by atoms with Crippen LogP contribution in [-0.2, 0) is 25.6 Å². The Kier molecular flexibility index (Phi) is 7.34. The standard InChI is InChI=1S/C18H26O10/c19-6-11-13(22)14(23)16(28-17-15(24)12(21)10(20)8-26-17)18(27-11)25-7-9-4-2-1-3-5-9/h1-5,10-24H,6-8H2/t10-,11-,12+,13-,14+,15-,16-,17-,18+/m1/s1. The first-order valence-electron chi connectivity index (χ1n) is 9.01. The van der Waals surface area contributed by atoms with Crippen molar-refractivity contribution in [1.29, 1.82) is 0 Å². The van der Waals surface area contributed by atoms with Gasteiger partial charge in [-0.3, -0.25) is 0 Å². The van der Waals surface area contributed by atoms with Crippen LogP contribution in [0.4, 0.5) is 0 Å². The average molecular weight is 402 g/mol. The number of benzene rings is 1. The van der Waals surface area contributed by atoms with E-state index in [0.717, 1.165) is 5.56 Å². The van der Waals surface area contributed by atoms with Crippen LogP contribution in [-0.4, -0.2) is 99.2 Å². The fourth-order valence-corrected chi connectivity index (χ4v) is 3.14. The summed E-state index contributed by atoms with van der Waals surface area (Å²) in [6.07, 6.45) is -12.3. The van der Waals surface area contributed by atoms with Crippen molar-refractivity contribution in [3.05, 3.63) is 35.9 Å². The third-order valence-electron chi connectivity index (χ3n) is 4.83. The quantitative estimate of drug-likeness (QED) is 0.300. The molecule has 0 amide bonds. The van der Waals surface area contributed by atoms with E-state index in [0.29, 0.717) is 0 Å². The highest BCUT2D eigenvalue weighted by atomic mass is 16.7. The summed E-state index contributed by atoms with van der Waals surface area (Å²) in [7, 11) is 0. The number of ether oxygens (including phenoxy) is 4. The first kappa shape index (κ1) is 21.5. The Balaban J connectivity index is 1.72. The van der Waals surface area contributed by atoms with Crippen LogP contribution in [0.15, 0.2) is 30.3 Å². The Morgan fingerprint density at radius 3 is 2.29 bits per heavy atom. The van der Waals surface area contributed by atoms with Gasteiger partial charge in [-0.05, 0) is 5.56 Å². The van der Waals surface area contributed by atoms with Gasteiger partial charge in [0, 0.05) is 0 Å². The van der Waals surface area contributed by atoms with Crippen molar-refractivity contribution >= 4 is 0 Å². The molecular weight excluding hydrogens is 376 g/mol. The molecule has 6 N–H and O–H groups in total. The second-order valence-electron chi connectivity index (χ2n) is 6.85. The second-order valence-corrected chi connectivity index (χ2v) is 6.85. The van der Waals surface area contributed by atoms with E-state index in [1.165, 1.54) is 0 Å². The topological polar surface area (TPSA) is 158 Å². The Labute approximate surface area is 161 Å². The highest BCUT2D eigenvalue weighted by molar-refractivity contribution is 5.13. The zero-order valence-electron chi connectivity index (χ0n) is 15.0. The van der Waals surface area contributed by atoms with Gasteiger partial charge in [0.05, 0.1) is 19.8 Å². The van der Waals surface area contributed by atoms with Crippen LogP contribution in [0.25, 0.3) is 0 Å². The lowest BCUT2D eigenvalue weighted by molar-refractivity contribution is -0.358. The van der Waals surface area contributed by atoms with E-state index >= 15 is 0 Å². The molecule has 10 nitrogen and oxygen atoms in total. The zero-order chi connectivity index (χ0) is 20.3. The van der Waals surface area contributed by atoms with Gasteiger partial charge in [-0.15, -0.1) is 0 Å². The fraction of sp³-hybridized carbons (Fsp3) is 0.667. The maximum Gasteiger partial charge on any atom is 0.187 e. The summed E-state index contributed by atoms with van der Waals surface area (Å²) in [6, 6.07) is 9.12. The minimum atomic E-state index is -1.58. The summed E-state index contributed by atoms with van der Waals surface area (Å²) in [5.41, 5.74) is 0.818. The molecule has 2 saturated heterocycles. The lowest BCUT2D eigenvalue weighted by Crippen LogP contribution is -2.63. The maximum atomic E-state index is 10.4. The Morgan fingerprint density at radius 2 is 1.61 bits per heavy atom. The van der Waals surface area contributed by atoms with Crippen molar-refractivity contribution in [2.45, 2.75) is 61.9 Å². The summed E-state index contributed by atoms with van der Waals surface area (Å²) in [4.78, 5) is 0. The molecule has 0 spiro atoms. The van der Waals surface area contributed by atoms with Gasteiger partial charge in [0.2, 0.25) is 0 Å². The molecule has 0 bridgehead atoms. The molecule has 158 valence electrons. The van der Waals surface area contributed by atoms with Crippen LogP contribution < -0.4 is 0 Å². The highest BCUT2D eigenvalue weighted by Gasteiger charge is 2.49. The molecule has 0 aromatic heterocycles. The molecule has 2 fully saturated rings. The molecule has 1 aromatic carbocycles. The van der Waals surface area contributed by atoms with E-state index in [4.69, 9.17) is 18.9 Å². The van der Waals surface area contributed by atoms with Crippen molar-refractivity contribution in [1.82, 2.24) is 0 Å². The number of hydrogen-bond donors (Lipinski definition) is 6. The molecule has 1 aromatic rings. The molecule has 28 heavy (non-hydrogen) atoms. The van der Waals surface area contributed by atoms with Gasteiger partial charge >= 0.3 is 0 Å². The van der Waals surface area contributed by atoms with E-state index < -0.39 is 61.9 Å². The molecule has 3 rings (SSSR count). The van der Waals surface area contributed by atoms with Crippen LogP contribution >= 0.6 is 0 Å². The van der Waals surface area contributed by atoms with Gasteiger partial charge in [0.25, 0.3) is 0 Å². The normalized spacial score (nSPS) is 41.7. The van der Waals surface area contributed by atoms with E-state index in [2.05, 4.69) is 0 Å². The SMILES string of the molecule is OC[C@H]1O[C@H](OCc2ccccc2)[C@H](O[C@H]2OC[C@@H](O)[C@H](O)[C@H]2O)[C@@H](O)[C@@H]1O. The lowest BCUT2D eigenvalue weighted by Gasteiger charge is -2.44. The van der Waals surface area contributed by atoms with Crippen molar-refractivity contribution in [2.75, 3.05) is 13.2 Å². The molecule has 10 heteroatoms.